The third-order valence-electron chi connectivity index (χ3n) is 3.96. The molecule has 0 saturated heterocycles. The maximum Gasteiger partial charge on any atom is 0.218 e. The van der Waals surface area contributed by atoms with E-state index in [1.165, 1.54) is 6.42 Å². The van der Waals surface area contributed by atoms with Crippen LogP contribution in [0.4, 0.5) is 0 Å². The molecule has 0 spiro atoms. The zero-order chi connectivity index (χ0) is 13.1. The summed E-state index contributed by atoms with van der Waals surface area (Å²) in [5.74, 6) is 0.629. The second kappa shape index (κ2) is 6.16. The van der Waals surface area contributed by atoms with Crippen LogP contribution in [-0.2, 0) is 10.0 Å². The summed E-state index contributed by atoms with van der Waals surface area (Å²) in [5.41, 5.74) is 5.56. The van der Waals surface area contributed by atoms with Gasteiger partial charge in [-0.25, -0.2) is 12.7 Å². The Kier molecular flexibility index (Phi) is 5.41. The van der Waals surface area contributed by atoms with Crippen LogP contribution in [-0.4, -0.2) is 37.6 Å². The van der Waals surface area contributed by atoms with Crippen molar-refractivity contribution in [2.24, 2.45) is 11.7 Å². The predicted molar refractivity (Wildman–Crippen MR) is 71.2 cm³/mol. The molecule has 0 aliphatic heterocycles. The second-order valence-electron chi connectivity index (χ2n) is 5.25. The predicted octanol–water partition coefficient (Wildman–Crippen LogP) is 1.56. The molecule has 102 valence electrons. The number of nitrogens with two attached hydrogens (primary N) is 1. The van der Waals surface area contributed by atoms with E-state index in [1.54, 1.807) is 11.4 Å². The quantitative estimate of drug-likeness (QED) is 0.818. The zero-order valence-electron chi connectivity index (χ0n) is 11.2. The van der Waals surface area contributed by atoms with Crippen LogP contribution < -0.4 is 5.73 Å². The highest BCUT2D eigenvalue weighted by molar-refractivity contribution is 7.89. The number of hydrogen-bond donors (Lipinski definition) is 1. The Bertz CT molecular complexity index is 325. The van der Waals surface area contributed by atoms with Gasteiger partial charge in [0.2, 0.25) is 10.0 Å². The van der Waals surface area contributed by atoms with Gasteiger partial charge >= 0.3 is 0 Å². The van der Waals surface area contributed by atoms with E-state index < -0.39 is 15.3 Å². The average Bonchev–Trinajstić information content (AvgIpc) is 2.29. The third-order valence-corrected chi connectivity index (χ3v) is 6.43. The lowest BCUT2D eigenvalue weighted by atomic mass is 9.87. The van der Waals surface area contributed by atoms with Gasteiger partial charge in [-0.2, -0.15) is 0 Å². The summed E-state index contributed by atoms with van der Waals surface area (Å²) in [6, 6.07) is 0.171. The highest BCUT2D eigenvalue weighted by Gasteiger charge is 2.33. The largest absolute Gasteiger partial charge is 0.329 e. The van der Waals surface area contributed by atoms with E-state index in [9.17, 15) is 8.42 Å². The van der Waals surface area contributed by atoms with Crippen molar-refractivity contribution in [1.82, 2.24) is 4.31 Å². The number of hydrogen-bond acceptors (Lipinski definition) is 3. The molecule has 1 rings (SSSR count). The number of nitrogens with zero attached hydrogens (tertiary/aromatic N) is 1. The smallest absolute Gasteiger partial charge is 0.218 e. The van der Waals surface area contributed by atoms with E-state index >= 15 is 0 Å². The molecule has 0 aromatic heterocycles. The average molecular weight is 262 g/mol. The minimum absolute atomic E-state index is 0.171. The Hall–Kier alpha value is -0.130. The Balaban J connectivity index is 2.76. The van der Waals surface area contributed by atoms with Gasteiger partial charge in [0.25, 0.3) is 0 Å². The lowest BCUT2D eigenvalue weighted by Gasteiger charge is -2.35. The molecule has 1 fully saturated rings. The Labute approximate surface area is 106 Å². The molecular formula is C12H26N2O2S. The molecule has 3 unspecified atom stereocenters. The van der Waals surface area contributed by atoms with Crippen LogP contribution in [0.5, 0.6) is 0 Å². The molecule has 17 heavy (non-hydrogen) atoms. The fourth-order valence-electron chi connectivity index (χ4n) is 2.67. The van der Waals surface area contributed by atoms with Crippen LogP contribution in [0.25, 0.3) is 0 Å². The van der Waals surface area contributed by atoms with Crippen molar-refractivity contribution in [3.8, 4) is 0 Å². The number of rotatable bonds is 5. The molecule has 0 aromatic rings. The molecule has 1 aliphatic rings. The summed E-state index contributed by atoms with van der Waals surface area (Å²) < 4.78 is 26.3. The zero-order valence-corrected chi connectivity index (χ0v) is 12.0. The molecule has 3 atom stereocenters. The lowest BCUT2D eigenvalue weighted by molar-refractivity contribution is 0.237. The van der Waals surface area contributed by atoms with Crippen LogP contribution in [0.2, 0.25) is 0 Å². The van der Waals surface area contributed by atoms with Gasteiger partial charge in [0.1, 0.15) is 0 Å². The van der Waals surface area contributed by atoms with Gasteiger partial charge in [0.05, 0.1) is 5.25 Å². The van der Waals surface area contributed by atoms with Crippen LogP contribution in [0.15, 0.2) is 0 Å². The highest BCUT2D eigenvalue weighted by atomic mass is 32.2. The van der Waals surface area contributed by atoms with E-state index in [0.29, 0.717) is 12.3 Å². The van der Waals surface area contributed by atoms with E-state index in [2.05, 4.69) is 6.92 Å². The van der Waals surface area contributed by atoms with Crippen LogP contribution >= 0.6 is 0 Å². The van der Waals surface area contributed by atoms with Gasteiger partial charge < -0.3 is 5.73 Å². The van der Waals surface area contributed by atoms with Gasteiger partial charge in [-0.3, -0.25) is 0 Å². The van der Waals surface area contributed by atoms with Gasteiger partial charge in [0, 0.05) is 19.6 Å². The van der Waals surface area contributed by atoms with Crippen molar-refractivity contribution >= 4 is 10.0 Å². The minimum atomic E-state index is -3.22. The van der Waals surface area contributed by atoms with Gasteiger partial charge in [-0.15, -0.1) is 0 Å². The van der Waals surface area contributed by atoms with E-state index in [1.807, 2.05) is 6.92 Å². The van der Waals surface area contributed by atoms with E-state index in [-0.39, 0.29) is 12.6 Å². The third kappa shape index (κ3) is 3.42. The van der Waals surface area contributed by atoms with Crippen LogP contribution in [0.3, 0.4) is 0 Å². The molecule has 0 heterocycles. The maximum absolute atomic E-state index is 12.3. The van der Waals surface area contributed by atoms with Crippen molar-refractivity contribution in [2.75, 3.05) is 13.6 Å². The van der Waals surface area contributed by atoms with Crippen molar-refractivity contribution < 1.29 is 8.42 Å². The summed E-state index contributed by atoms with van der Waals surface area (Å²) in [4.78, 5) is 0. The molecule has 0 amide bonds. The summed E-state index contributed by atoms with van der Waals surface area (Å²) in [7, 11) is -1.50. The Morgan fingerprint density at radius 3 is 2.53 bits per heavy atom. The minimum Gasteiger partial charge on any atom is -0.329 e. The van der Waals surface area contributed by atoms with Crippen LogP contribution in [0.1, 0.15) is 46.0 Å². The summed E-state index contributed by atoms with van der Waals surface area (Å²) in [6.45, 7) is 4.30. The molecule has 4 nitrogen and oxygen atoms in total. The molecule has 5 heteroatoms. The lowest BCUT2D eigenvalue weighted by Crippen LogP contribution is -2.46. The molecule has 1 aliphatic carbocycles. The Morgan fingerprint density at radius 2 is 2.06 bits per heavy atom. The molecule has 2 N–H and O–H groups in total. The van der Waals surface area contributed by atoms with Gasteiger partial charge in [-0.1, -0.05) is 26.7 Å². The number of sulfonamides is 1. The fraction of sp³-hybridized carbons (Fsp3) is 1.00. The normalized spacial score (nSPS) is 28.3. The highest BCUT2D eigenvalue weighted by Crippen LogP contribution is 2.29. The van der Waals surface area contributed by atoms with Gasteiger partial charge in [0.15, 0.2) is 0 Å². The standard InChI is InChI=1S/C12H26N2O2S/c1-4-12(9-13)17(15,16)14(3)11-7-5-6-10(2)8-11/h10-12H,4-9,13H2,1-3H3. The topological polar surface area (TPSA) is 63.4 Å². The summed E-state index contributed by atoms with van der Waals surface area (Å²) >= 11 is 0. The van der Waals surface area contributed by atoms with Crippen molar-refractivity contribution in [2.45, 2.75) is 57.2 Å². The molecular weight excluding hydrogens is 236 g/mol. The van der Waals surface area contributed by atoms with Gasteiger partial charge in [-0.05, 0) is 25.2 Å². The van der Waals surface area contributed by atoms with E-state index in [4.69, 9.17) is 5.73 Å². The fourth-order valence-corrected chi connectivity index (χ4v) is 4.42. The van der Waals surface area contributed by atoms with Crippen LogP contribution in [0, 0.1) is 5.92 Å². The summed E-state index contributed by atoms with van der Waals surface area (Å²) in [6.07, 6.45) is 4.91. The molecule has 0 aromatic carbocycles. The first-order chi connectivity index (χ1) is 7.93. The maximum atomic E-state index is 12.3. The van der Waals surface area contributed by atoms with E-state index in [0.717, 1.165) is 19.3 Å². The molecule has 0 bridgehead atoms. The van der Waals surface area contributed by atoms with Crippen molar-refractivity contribution in [1.29, 1.82) is 0 Å². The van der Waals surface area contributed by atoms with Crippen molar-refractivity contribution in [3.05, 3.63) is 0 Å². The first-order valence-corrected chi connectivity index (χ1v) is 8.10. The molecule has 0 radical (unpaired) electrons. The first kappa shape index (κ1) is 14.9. The monoisotopic (exact) mass is 262 g/mol. The first-order valence-electron chi connectivity index (χ1n) is 6.60. The SMILES string of the molecule is CCC(CN)S(=O)(=O)N(C)C1CCCC(C)C1. The summed E-state index contributed by atoms with van der Waals surface area (Å²) in [5, 5.41) is -0.426. The Morgan fingerprint density at radius 1 is 1.41 bits per heavy atom. The van der Waals surface area contributed by atoms with Crippen molar-refractivity contribution in [3.63, 3.8) is 0 Å². The molecule has 1 saturated carbocycles. The second-order valence-corrected chi connectivity index (χ2v) is 7.53.